The Morgan fingerprint density at radius 3 is 2.63 bits per heavy atom. The zero-order chi connectivity index (χ0) is 24.8. The second-order valence-electron chi connectivity index (χ2n) is 8.40. The largest absolute Gasteiger partial charge is 0.382 e. The van der Waals surface area contributed by atoms with Crippen LogP contribution >= 0.6 is 0 Å². The summed E-state index contributed by atoms with van der Waals surface area (Å²) in [6.45, 7) is 4.32. The van der Waals surface area contributed by atoms with Gasteiger partial charge in [-0.3, -0.25) is 10.1 Å². The zero-order valence-electron chi connectivity index (χ0n) is 19.7. The van der Waals surface area contributed by atoms with Crippen molar-refractivity contribution in [2.75, 3.05) is 31.6 Å². The molecule has 9 nitrogen and oxygen atoms in total. The number of imidazole rings is 1. The number of para-hydroxylation sites is 2. The van der Waals surface area contributed by atoms with Crippen LogP contribution in [0.25, 0.3) is 11.0 Å². The molecule has 3 aromatic rings. The Hall–Kier alpha value is -3.26. The molecule has 1 saturated heterocycles. The molecule has 1 aromatic heterocycles. The monoisotopic (exact) mass is 495 g/mol. The first-order valence-electron chi connectivity index (χ1n) is 11.8. The molecule has 2 heterocycles. The van der Waals surface area contributed by atoms with Crippen LogP contribution in [-0.4, -0.2) is 54.5 Å². The van der Waals surface area contributed by atoms with E-state index in [0.717, 1.165) is 17.5 Å². The number of nitrogens with zero attached hydrogens (tertiary/aromatic N) is 4. The Kier molecular flexibility index (Phi) is 7.80. The van der Waals surface area contributed by atoms with E-state index in [0.29, 0.717) is 38.5 Å². The molecule has 0 bridgehead atoms. The molecule has 1 fully saturated rings. The highest BCUT2D eigenvalue weighted by Crippen LogP contribution is 2.27. The van der Waals surface area contributed by atoms with Crippen LogP contribution in [0.5, 0.6) is 0 Å². The summed E-state index contributed by atoms with van der Waals surface area (Å²) in [4.78, 5) is 17.7. The van der Waals surface area contributed by atoms with Gasteiger partial charge in [0.25, 0.3) is 0 Å². The predicted octanol–water partition coefficient (Wildman–Crippen LogP) is 3.37. The van der Waals surface area contributed by atoms with Gasteiger partial charge in [-0.2, -0.15) is 9.57 Å². The first-order valence-corrected chi connectivity index (χ1v) is 13.2. The smallest absolute Gasteiger partial charge is 0.244 e. The van der Waals surface area contributed by atoms with E-state index < -0.39 is 10.0 Å². The maximum Gasteiger partial charge on any atom is 0.244 e. The fraction of sp³-hybridized carbons (Fsp3) is 0.400. The van der Waals surface area contributed by atoms with Gasteiger partial charge in [-0.05, 0) is 50.5 Å². The maximum absolute atomic E-state index is 13.1. The van der Waals surface area contributed by atoms with Crippen LogP contribution in [0.2, 0.25) is 0 Å². The van der Waals surface area contributed by atoms with Crippen molar-refractivity contribution in [3.05, 3.63) is 54.1 Å². The highest BCUT2D eigenvalue weighted by atomic mass is 32.2. The van der Waals surface area contributed by atoms with E-state index in [1.165, 1.54) is 16.4 Å². The molecule has 0 unspecified atom stereocenters. The third-order valence-electron chi connectivity index (χ3n) is 6.21. The van der Waals surface area contributed by atoms with Gasteiger partial charge in [0.15, 0.2) is 0 Å². The Labute approximate surface area is 205 Å². The molecule has 0 radical (unpaired) electrons. The van der Waals surface area contributed by atoms with E-state index in [1.807, 2.05) is 41.8 Å². The minimum Gasteiger partial charge on any atom is -0.382 e. The summed E-state index contributed by atoms with van der Waals surface area (Å²) >= 11 is 0. The second kappa shape index (κ2) is 11.0. The molecule has 1 aliphatic rings. The molecule has 0 atom stereocenters. The van der Waals surface area contributed by atoms with Crippen molar-refractivity contribution in [2.45, 2.75) is 37.6 Å². The number of carbonyl (C=O) groups is 1. The lowest BCUT2D eigenvalue weighted by Crippen LogP contribution is -2.41. The number of nitriles is 1. The summed E-state index contributed by atoms with van der Waals surface area (Å²) < 4.78 is 35.0. The van der Waals surface area contributed by atoms with Gasteiger partial charge in [-0.25, -0.2) is 13.4 Å². The van der Waals surface area contributed by atoms with Crippen LogP contribution in [-0.2, 0) is 26.1 Å². The van der Waals surface area contributed by atoms with E-state index >= 15 is 0 Å². The van der Waals surface area contributed by atoms with E-state index in [9.17, 15) is 18.5 Å². The third-order valence-corrected chi connectivity index (χ3v) is 8.17. The highest BCUT2D eigenvalue weighted by Gasteiger charge is 2.33. The Bertz CT molecular complexity index is 1340. The molecule has 0 spiro atoms. The molecule has 184 valence electrons. The van der Waals surface area contributed by atoms with Crippen molar-refractivity contribution >= 4 is 32.9 Å². The van der Waals surface area contributed by atoms with E-state index in [-0.39, 0.29) is 35.4 Å². The number of piperidine rings is 1. The molecule has 1 amide bonds. The number of aromatic nitrogens is 2. The average molecular weight is 496 g/mol. The molecule has 2 aromatic carbocycles. The first kappa shape index (κ1) is 24.9. The van der Waals surface area contributed by atoms with Gasteiger partial charge in [0.05, 0.1) is 21.5 Å². The molecular formula is C25H29N5O4S. The van der Waals surface area contributed by atoms with Gasteiger partial charge in [0, 0.05) is 38.8 Å². The maximum atomic E-state index is 13.1. The van der Waals surface area contributed by atoms with Crippen LogP contribution < -0.4 is 5.32 Å². The number of amides is 1. The summed E-state index contributed by atoms with van der Waals surface area (Å²) in [7, 11) is -3.80. The quantitative estimate of drug-likeness (QED) is 0.455. The van der Waals surface area contributed by atoms with Crippen LogP contribution in [0.3, 0.4) is 0 Å². The van der Waals surface area contributed by atoms with Crippen LogP contribution in [0.15, 0.2) is 53.4 Å². The van der Waals surface area contributed by atoms with Crippen LogP contribution in [0.1, 0.15) is 31.7 Å². The lowest BCUT2D eigenvalue weighted by Gasteiger charge is -2.30. The van der Waals surface area contributed by atoms with Gasteiger partial charge in [0.2, 0.25) is 21.9 Å². The summed E-state index contributed by atoms with van der Waals surface area (Å²) in [5.74, 6) is -0.00381. The van der Waals surface area contributed by atoms with Crippen molar-refractivity contribution in [1.82, 2.24) is 13.9 Å². The van der Waals surface area contributed by atoms with Crippen molar-refractivity contribution < 1.29 is 17.9 Å². The molecular weight excluding hydrogens is 466 g/mol. The number of rotatable bonds is 9. The number of nitrogens with one attached hydrogen (secondary N) is 1. The van der Waals surface area contributed by atoms with E-state index in [4.69, 9.17) is 4.74 Å². The van der Waals surface area contributed by atoms with Crippen LogP contribution in [0.4, 0.5) is 5.95 Å². The van der Waals surface area contributed by atoms with Crippen molar-refractivity contribution in [2.24, 2.45) is 5.92 Å². The van der Waals surface area contributed by atoms with Gasteiger partial charge in [-0.1, -0.05) is 24.3 Å². The number of aryl methyl sites for hydroxylation is 1. The lowest BCUT2D eigenvalue weighted by molar-refractivity contribution is -0.121. The van der Waals surface area contributed by atoms with Gasteiger partial charge < -0.3 is 9.30 Å². The summed E-state index contributed by atoms with van der Waals surface area (Å²) in [6.07, 6.45) is 1.58. The number of anilines is 1. The number of hydrogen-bond acceptors (Lipinski definition) is 6. The standard InChI is InChI=1S/C25H29N5O4S/c1-2-34-17-7-14-30-22-10-5-4-9-21(22)27-25(30)28-24(31)19-12-15-29(16-13-19)35(32,33)23-11-6-3-8-20(23)18-26/h3-6,8-11,19H,2,7,12-17H2,1H3,(H,27,28,31). The number of sulfonamides is 1. The molecule has 4 rings (SSSR count). The second-order valence-corrected chi connectivity index (χ2v) is 10.3. The van der Waals surface area contributed by atoms with Crippen LogP contribution in [0, 0.1) is 17.2 Å². The van der Waals surface area contributed by atoms with Crippen molar-refractivity contribution in [3.63, 3.8) is 0 Å². The lowest BCUT2D eigenvalue weighted by atomic mass is 9.97. The topological polar surface area (TPSA) is 117 Å². The Morgan fingerprint density at radius 2 is 1.89 bits per heavy atom. The number of fused-ring (bicyclic) bond motifs is 1. The van der Waals surface area contributed by atoms with E-state index in [1.54, 1.807) is 12.1 Å². The number of hydrogen-bond donors (Lipinski definition) is 1. The number of carbonyl (C=O) groups excluding carboxylic acids is 1. The fourth-order valence-electron chi connectivity index (χ4n) is 4.36. The van der Waals surface area contributed by atoms with Crippen molar-refractivity contribution in [1.29, 1.82) is 5.26 Å². The molecule has 10 heteroatoms. The average Bonchev–Trinajstić information content (AvgIpc) is 3.23. The van der Waals surface area contributed by atoms with Crippen molar-refractivity contribution in [3.8, 4) is 6.07 Å². The zero-order valence-corrected chi connectivity index (χ0v) is 20.5. The fourth-order valence-corrected chi connectivity index (χ4v) is 5.97. The first-order chi connectivity index (χ1) is 17.0. The summed E-state index contributed by atoms with van der Waals surface area (Å²) in [5.41, 5.74) is 1.86. The normalized spacial score (nSPS) is 15.2. The SMILES string of the molecule is CCOCCCn1c(NC(=O)C2CCN(S(=O)(=O)c3ccccc3C#N)CC2)nc2ccccc21. The molecule has 1 N–H and O–H groups in total. The molecule has 35 heavy (non-hydrogen) atoms. The number of ether oxygens (including phenoxy) is 1. The molecule has 0 saturated carbocycles. The highest BCUT2D eigenvalue weighted by molar-refractivity contribution is 7.89. The summed E-state index contributed by atoms with van der Waals surface area (Å²) in [5, 5.41) is 12.3. The van der Waals surface area contributed by atoms with Gasteiger partial charge >= 0.3 is 0 Å². The van der Waals surface area contributed by atoms with Gasteiger partial charge in [-0.15, -0.1) is 0 Å². The Morgan fingerprint density at radius 1 is 1.17 bits per heavy atom. The third kappa shape index (κ3) is 5.37. The molecule has 0 aliphatic carbocycles. The van der Waals surface area contributed by atoms with Gasteiger partial charge in [0.1, 0.15) is 6.07 Å². The molecule has 1 aliphatic heterocycles. The number of benzene rings is 2. The predicted molar refractivity (Wildman–Crippen MR) is 132 cm³/mol. The minimum absolute atomic E-state index is 0.00571. The minimum atomic E-state index is -3.80. The Balaban J connectivity index is 1.44. The summed E-state index contributed by atoms with van der Waals surface area (Å²) in [6, 6.07) is 15.9. The van der Waals surface area contributed by atoms with E-state index in [2.05, 4.69) is 10.3 Å².